The molecule has 2 N–H and O–H groups in total. The number of nitrogens with zero attached hydrogens (tertiary/aromatic N) is 5. The number of benzene rings is 1. The van der Waals surface area contributed by atoms with Gasteiger partial charge in [-0.3, -0.25) is 0 Å². The van der Waals surface area contributed by atoms with Crippen molar-refractivity contribution >= 4 is 28.4 Å². The number of imidazole rings is 1. The molecule has 1 aromatic carbocycles. The van der Waals surface area contributed by atoms with Gasteiger partial charge in [-0.25, -0.2) is 33.8 Å². The molecule has 0 fully saturated rings. The van der Waals surface area contributed by atoms with Crippen molar-refractivity contribution in [3.63, 3.8) is 0 Å². The van der Waals surface area contributed by atoms with Crippen LogP contribution in [0.25, 0.3) is 22.4 Å². The molecule has 0 amide bonds. The molecule has 0 saturated heterocycles. The zero-order chi connectivity index (χ0) is 19.8. The van der Waals surface area contributed by atoms with Crippen molar-refractivity contribution in [2.45, 2.75) is 0 Å². The summed E-state index contributed by atoms with van der Waals surface area (Å²) in [6.45, 7) is 0.357. The first-order valence-corrected chi connectivity index (χ1v) is 8.66. The number of hydrogen-bond donors (Lipinski definition) is 2. The third kappa shape index (κ3) is 2.90. The minimum absolute atomic E-state index is 0.106. The molecule has 0 bridgehead atoms. The smallest absolute Gasteiger partial charge is 0.181 e. The molecule has 0 radical (unpaired) electrons. The van der Waals surface area contributed by atoms with Crippen molar-refractivity contribution in [1.29, 1.82) is 0 Å². The van der Waals surface area contributed by atoms with Crippen molar-refractivity contribution in [3.05, 3.63) is 67.1 Å². The second-order valence-corrected chi connectivity index (χ2v) is 6.14. The average molecular weight is 393 g/mol. The summed E-state index contributed by atoms with van der Waals surface area (Å²) in [5, 5.41) is 4.09. The molecule has 8 nitrogen and oxygen atoms in total. The van der Waals surface area contributed by atoms with Crippen LogP contribution < -0.4 is 10.4 Å². The SMILES string of the molecule is Fc1ccc(N2CC=CO2)c(F)c1Nc1ncccc1-c1ncnc2nc[nH]c12. The van der Waals surface area contributed by atoms with Gasteiger partial charge in [0.1, 0.15) is 46.8 Å². The Morgan fingerprint density at radius 3 is 2.90 bits per heavy atom. The van der Waals surface area contributed by atoms with E-state index in [-0.39, 0.29) is 17.2 Å². The van der Waals surface area contributed by atoms with Gasteiger partial charge in [0, 0.05) is 11.8 Å². The fourth-order valence-electron chi connectivity index (χ4n) is 3.09. The van der Waals surface area contributed by atoms with Crippen molar-refractivity contribution < 1.29 is 13.6 Å². The number of anilines is 3. The number of rotatable bonds is 4. The highest BCUT2D eigenvalue weighted by Gasteiger charge is 2.22. The third-order valence-corrected chi connectivity index (χ3v) is 4.42. The van der Waals surface area contributed by atoms with Gasteiger partial charge in [0.15, 0.2) is 11.5 Å². The first-order valence-electron chi connectivity index (χ1n) is 8.66. The molecule has 0 saturated carbocycles. The van der Waals surface area contributed by atoms with Crippen molar-refractivity contribution in [2.24, 2.45) is 0 Å². The molecule has 3 aromatic heterocycles. The van der Waals surface area contributed by atoms with E-state index < -0.39 is 11.6 Å². The fourth-order valence-corrected chi connectivity index (χ4v) is 3.09. The van der Waals surface area contributed by atoms with Gasteiger partial charge in [0.2, 0.25) is 0 Å². The molecule has 0 unspecified atom stereocenters. The number of pyridine rings is 1. The van der Waals surface area contributed by atoms with Gasteiger partial charge in [0.25, 0.3) is 0 Å². The highest BCUT2D eigenvalue weighted by atomic mass is 19.1. The molecule has 5 rings (SSSR count). The van der Waals surface area contributed by atoms with E-state index in [2.05, 4.69) is 30.2 Å². The Balaban J connectivity index is 1.59. The summed E-state index contributed by atoms with van der Waals surface area (Å²) in [5.41, 5.74) is 1.87. The number of aromatic amines is 1. The van der Waals surface area contributed by atoms with Crippen LogP contribution in [-0.4, -0.2) is 31.5 Å². The number of hydrogen-bond acceptors (Lipinski definition) is 7. The van der Waals surface area contributed by atoms with Crippen molar-refractivity contribution in [3.8, 4) is 11.3 Å². The summed E-state index contributed by atoms with van der Waals surface area (Å²) in [6.07, 6.45) is 7.55. The van der Waals surface area contributed by atoms with Gasteiger partial charge < -0.3 is 15.1 Å². The summed E-state index contributed by atoms with van der Waals surface area (Å²) in [5.74, 6) is -1.32. The fraction of sp³-hybridized carbons (Fsp3) is 0.0526. The highest BCUT2D eigenvalue weighted by molar-refractivity contribution is 5.91. The third-order valence-electron chi connectivity index (χ3n) is 4.42. The van der Waals surface area contributed by atoms with Crippen LogP contribution in [-0.2, 0) is 4.84 Å². The number of H-pyrrole nitrogens is 1. The Hall–Kier alpha value is -4.08. The number of nitrogens with one attached hydrogen (secondary N) is 2. The Bertz CT molecular complexity index is 1230. The quantitative estimate of drug-likeness (QED) is 0.546. The second-order valence-electron chi connectivity index (χ2n) is 6.14. The van der Waals surface area contributed by atoms with Crippen molar-refractivity contribution in [1.82, 2.24) is 24.9 Å². The lowest BCUT2D eigenvalue weighted by atomic mass is 10.1. The molecule has 144 valence electrons. The van der Waals surface area contributed by atoms with Crippen LogP contribution in [0.1, 0.15) is 0 Å². The average Bonchev–Trinajstić information content (AvgIpc) is 3.43. The number of fused-ring (bicyclic) bond motifs is 1. The molecule has 29 heavy (non-hydrogen) atoms. The van der Waals surface area contributed by atoms with Crippen LogP contribution in [0.15, 0.2) is 55.5 Å². The number of halogens is 2. The predicted molar refractivity (Wildman–Crippen MR) is 102 cm³/mol. The largest absolute Gasteiger partial charge is 0.387 e. The minimum Gasteiger partial charge on any atom is -0.387 e. The lowest BCUT2D eigenvalue weighted by molar-refractivity contribution is 0.243. The maximum absolute atomic E-state index is 15.1. The van der Waals surface area contributed by atoms with Crippen molar-refractivity contribution in [2.75, 3.05) is 16.9 Å². The summed E-state index contributed by atoms with van der Waals surface area (Å²) < 4.78 is 29.6. The summed E-state index contributed by atoms with van der Waals surface area (Å²) >= 11 is 0. The van der Waals surface area contributed by atoms with Crippen LogP contribution in [0.4, 0.5) is 26.0 Å². The number of aromatic nitrogens is 5. The molecular weight excluding hydrogens is 380 g/mol. The first-order chi connectivity index (χ1) is 14.2. The summed E-state index contributed by atoms with van der Waals surface area (Å²) in [7, 11) is 0. The van der Waals surface area contributed by atoms with Gasteiger partial charge in [-0.1, -0.05) is 0 Å². The van der Waals surface area contributed by atoms with Gasteiger partial charge in [-0.2, -0.15) is 0 Å². The molecule has 1 aliphatic heterocycles. The van der Waals surface area contributed by atoms with E-state index in [1.165, 1.54) is 42.3 Å². The van der Waals surface area contributed by atoms with E-state index in [1.807, 2.05) is 0 Å². The van der Waals surface area contributed by atoms with E-state index in [9.17, 15) is 4.39 Å². The molecule has 0 aliphatic carbocycles. The van der Waals surface area contributed by atoms with Crippen LogP contribution in [0.3, 0.4) is 0 Å². The van der Waals surface area contributed by atoms with E-state index in [0.29, 0.717) is 29.0 Å². The Morgan fingerprint density at radius 2 is 2.03 bits per heavy atom. The van der Waals surface area contributed by atoms with Gasteiger partial charge in [0.05, 0.1) is 12.9 Å². The molecule has 4 aromatic rings. The normalized spacial score (nSPS) is 13.1. The molecule has 0 spiro atoms. The highest BCUT2D eigenvalue weighted by Crippen LogP contribution is 2.35. The molecule has 10 heteroatoms. The van der Waals surface area contributed by atoms with E-state index in [0.717, 1.165) is 0 Å². The zero-order valence-electron chi connectivity index (χ0n) is 14.8. The minimum atomic E-state index is -0.792. The Kier molecular flexibility index (Phi) is 4.01. The topological polar surface area (TPSA) is 91.8 Å². The van der Waals surface area contributed by atoms with Gasteiger partial charge in [-0.15, -0.1) is 0 Å². The second kappa shape index (κ2) is 6.82. The van der Waals surface area contributed by atoms with E-state index >= 15 is 4.39 Å². The lowest BCUT2D eigenvalue weighted by Crippen LogP contribution is -2.18. The molecule has 0 atom stereocenters. The zero-order valence-corrected chi connectivity index (χ0v) is 14.8. The van der Waals surface area contributed by atoms with Crippen LogP contribution in [0, 0.1) is 11.6 Å². The Morgan fingerprint density at radius 1 is 1.10 bits per heavy atom. The van der Waals surface area contributed by atoms with Crippen LogP contribution in [0.2, 0.25) is 0 Å². The van der Waals surface area contributed by atoms with Gasteiger partial charge in [-0.05, 0) is 30.3 Å². The van der Waals surface area contributed by atoms with Crippen LogP contribution >= 0.6 is 0 Å². The number of hydroxylamine groups is 1. The van der Waals surface area contributed by atoms with E-state index in [4.69, 9.17) is 4.84 Å². The standard InChI is InChI=1S/C19H13F2N7O/c20-12-4-5-13(28-7-2-8-29-28)14(21)16(12)27-18-11(3-1-6-22-18)15-17-19(25-9-23-15)26-10-24-17/h1-6,8-10H,7H2,(H,22,27)(H,23,24,25,26). The molecule has 4 heterocycles. The first kappa shape index (κ1) is 17.0. The summed E-state index contributed by atoms with van der Waals surface area (Å²) in [6, 6.07) is 5.94. The summed E-state index contributed by atoms with van der Waals surface area (Å²) in [4.78, 5) is 24.9. The molecule has 1 aliphatic rings. The monoisotopic (exact) mass is 393 g/mol. The van der Waals surface area contributed by atoms with Gasteiger partial charge >= 0.3 is 0 Å². The maximum Gasteiger partial charge on any atom is 0.181 e. The lowest BCUT2D eigenvalue weighted by Gasteiger charge is -2.19. The van der Waals surface area contributed by atoms with Crippen LogP contribution in [0.5, 0.6) is 0 Å². The maximum atomic E-state index is 15.1. The molecular formula is C19H13F2N7O. The predicted octanol–water partition coefficient (Wildman–Crippen LogP) is 3.70. The van der Waals surface area contributed by atoms with E-state index in [1.54, 1.807) is 18.2 Å². The Labute approximate surface area is 162 Å².